The third-order valence-corrected chi connectivity index (χ3v) is 2.65. The molecule has 1 rings (SSSR count). The highest BCUT2D eigenvalue weighted by Gasteiger charge is 2.09. The molecule has 1 N–H and O–H groups in total. The van der Waals surface area contributed by atoms with Crippen molar-refractivity contribution >= 4 is 17.4 Å². The second kappa shape index (κ2) is 5.15. The SMILES string of the molecule is Cc1cnnc(NCC(Cl)C(C)C)c1. The van der Waals surface area contributed by atoms with E-state index >= 15 is 0 Å². The Kier molecular flexibility index (Phi) is 4.14. The lowest BCUT2D eigenvalue weighted by molar-refractivity contribution is 0.615. The molecule has 0 bridgehead atoms. The van der Waals surface area contributed by atoms with Gasteiger partial charge in [0.05, 0.1) is 11.6 Å². The van der Waals surface area contributed by atoms with Crippen molar-refractivity contribution in [3.63, 3.8) is 0 Å². The minimum Gasteiger partial charge on any atom is -0.367 e. The number of alkyl halides is 1. The molecule has 0 aromatic carbocycles. The Bertz CT molecular complexity index is 288. The molecule has 1 aromatic heterocycles. The summed E-state index contributed by atoms with van der Waals surface area (Å²) in [4.78, 5) is 0. The number of hydrogen-bond donors (Lipinski definition) is 1. The average Bonchev–Trinajstić information content (AvgIpc) is 2.14. The van der Waals surface area contributed by atoms with Crippen molar-refractivity contribution in [3.05, 3.63) is 17.8 Å². The fourth-order valence-corrected chi connectivity index (χ4v) is 1.07. The van der Waals surface area contributed by atoms with Crippen molar-refractivity contribution in [2.75, 3.05) is 11.9 Å². The van der Waals surface area contributed by atoms with Crippen LogP contribution < -0.4 is 5.32 Å². The van der Waals surface area contributed by atoms with Gasteiger partial charge in [-0.1, -0.05) is 13.8 Å². The summed E-state index contributed by atoms with van der Waals surface area (Å²) >= 11 is 6.09. The first-order chi connectivity index (χ1) is 6.59. The van der Waals surface area contributed by atoms with E-state index in [1.807, 2.05) is 13.0 Å². The van der Waals surface area contributed by atoms with Crippen LogP contribution in [0.1, 0.15) is 19.4 Å². The summed E-state index contributed by atoms with van der Waals surface area (Å²) in [6, 6.07) is 1.96. The van der Waals surface area contributed by atoms with Gasteiger partial charge in [0.15, 0.2) is 0 Å². The highest BCUT2D eigenvalue weighted by molar-refractivity contribution is 6.21. The minimum absolute atomic E-state index is 0.123. The lowest BCUT2D eigenvalue weighted by atomic mass is 10.1. The molecule has 3 nitrogen and oxygen atoms in total. The topological polar surface area (TPSA) is 37.8 Å². The number of hydrogen-bond acceptors (Lipinski definition) is 3. The second-order valence-corrected chi connectivity index (χ2v) is 4.32. The minimum atomic E-state index is 0.123. The van der Waals surface area contributed by atoms with Crippen LogP contribution in [0.3, 0.4) is 0 Å². The number of nitrogens with one attached hydrogen (secondary N) is 1. The first-order valence-electron chi connectivity index (χ1n) is 4.77. The summed E-state index contributed by atoms with van der Waals surface area (Å²) < 4.78 is 0. The van der Waals surface area contributed by atoms with E-state index in [4.69, 9.17) is 11.6 Å². The normalized spacial score (nSPS) is 12.9. The molecule has 4 heteroatoms. The van der Waals surface area contributed by atoms with Crippen molar-refractivity contribution in [2.45, 2.75) is 26.1 Å². The molecule has 0 radical (unpaired) electrons. The molecule has 0 saturated heterocycles. The van der Waals surface area contributed by atoms with E-state index in [0.29, 0.717) is 5.92 Å². The number of anilines is 1. The molecule has 1 unspecified atom stereocenters. The van der Waals surface area contributed by atoms with Crippen LogP contribution in [-0.4, -0.2) is 22.1 Å². The summed E-state index contributed by atoms with van der Waals surface area (Å²) in [7, 11) is 0. The van der Waals surface area contributed by atoms with Crippen molar-refractivity contribution in [1.29, 1.82) is 0 Å². The molecule has 0 amide bonds. The monoisotopic (exact) mass is 213 g/mol. The maximum atomic E-state index is 6.09. The molecule has 0 saturated carbocycles. The van der Waals surface area contributed by atoms with Crippen molar-refractivity contribution < 1.29 is 0 Å². The van der Waals surface area contributed by atoms with E-state index < -0.39 is 0 Å². The number of aromatic nitrogens is 2. The summed E-state index contributed by atoms with van der Waals surface area (Å²) in [6.07, 6.45) is 1.73. The lowest BCUT2D eigenvalue weighted by Gasteiger charge is -2.14. The van der Waals surface area contributed by atoms with Crippen molar-refractivity contribution in [2.24, 2.45) is 5.92 Å². The lowest BCUT2D eigenvalue weighted by Crippen LogP contribution is -2.20. The van der Waals surface area contributed by atoms with E-state index in [9.17, 15) is 0 Å². The van der Waals surface area contributed by atoms with Crippen LogP contribution in [0.25, 0.3) is 0 Å². The third-order valence-electron chi connectivity index (χ3n) is 1.99. The first kappa shape index (κ1) is 11.2. The van der Waals surface area contributed by atoms with Gasteiger partial charge in [-0.15, -0.1) is 16.7 Å². The van der Waals surface area contributed by atoms with Gasteiger partial charge in [0, 0.05) is 6.54 Å². The zero-order chi connectivity index (χ0) is 10.6. The number of nitrogens with zero attached hydrogens (tertiary/aromatic N) is 2. The maximum Gasteiger partial charge on any atom is 0.148 e. The van der Waals surface area contributed by atoms with Crippen LogP contribution >= 0.6 is 11.6 Å². The van der Waals surface area contributed by atoms with E-state index in [1.54, 1.807) is 6.20 Å². The van der Waals surface area contributed by atoms with Crippen LogP contribution in [0.4, 0.5) is 5.82 Å². The maximum absolute atomic E-state index is 6.09. The number of rotatable bonds is 4. The van der Waals surface area contributed by atoms with Gasteiger partial charge in [-0.3, -0.25) is 0 Å². The molecule has 0 spiro atoms. The molecule has 14 heavy (non-hydrogen) atoms. The van der Waals surface area contributed by atoms with Crippen LogP contribution in [0.15, 0.2) is 12.3 Å². The molecule has 78 valence electrons. The van der Waals surface area contributed by atoms with Gasteiger partial charge >= 0.3 is 0 Å². The molecule has 1 heterocycles. The summed E-state index contributed by atoms with van der Waals surface area (Å²) in [5.74, 6) is 1.25. The summed E-state index contributed by atoms with van der Waals surface area (Å²) in [5, 5.41) is 11.1. The summed E-state index contributed by atoms with van der Waals surface area (Å²) in [5.41, 5.74) is 1.10. The van der Waals surface area contributed by atoms with Crippen molar-refractivity contribution in [3.8, 4) is 0 Å². The Morgan fingerprint density at radius 2 is 2.21 bits per heavy atom. The highest BCUT2D eigenvalue weighted by Crippen LogP contribution is 2.10. The first-order valence-corrected chi connectivity index (χ1v) is 5.20. The van der Waals surface area contributed by atoms with Gasteiger partial charge in [0.2, 0.25) is 0 Å². The Hall–Kier alpha value is -0.830. The zero-order valence-electron chi connectivity index (χ0n) is 8.79. The smallest absolute Gasteiger partial charge is 0.148 e. The van der Waals surface area contributed by atoms with Crippen LogP contribution in [0.5, 0.6) is 0 Å². The van der Waals surface area contributed by atoms with E-state index in [-0.39, 0.29) is 5.38 Å². The molecule has 0 aliphatic carbocycles. The Labute approximate surface area is 89.9 Å². The highest BCUT2D eigenvalue weighted by atomic mass is 35.5. The third kappa shape index (κ3) is 3.50. The fourth-order valence-electron chi connectivity index (χ4n) is 0.988. The van der Waals surface area contributed by atoms with E-state index in [1.165, 1.54) is 0 Å². The van der Waals surface area contributed by atoms with Gasteiger partial charge in [-0.25, -0.2) is 0 Å². The van der Waals surface area contributed by atoms with Crippen LogP contribution in [0, 0.1) is 12.8 Å². The van der Waals surface area contributed by atoms with E-state index in [2.05, 4.69) is 29.4 Å². The van der Waals surface area contributed by atoms with Gasteiger partial charge in [0.25, 0.3) is 0 Å². The molecule has 1 aromatic rings. The Morgan fingerprint density at radius 1 is 1.50 bits per heavy atom. The molecule has 0 aliphatic rings. The predicted octanol–water partition coefficient (Wildman–Crippen LogP) is 2.46. The second-order valence-electron chi connectivity index (χ2n) is 3.76. The van der Waals surface area contributed by atoms with Gasteiger partial charge in [-0.2, -0.15) is 5.10 Å². The van der Waals surface area contributed by atoms with E-state index in [0.717, 1.165) is 17.9 Å². The zero-order valence-corrected chi connectivity index (χ0v) is 9.54. The molecular formula is C10H16ClN3. The summed E-state index contributed by atoms with van der Waals surface area (Å²) in [6.45, 7) is 6.90. The molecule has 1 atom stereocenters. The average molecular weight is 214 g/mol. The Morgan fingerprint density at radius 3 is 2.79 bits per heavy atom. The van der Waals surface area contributed by atoms with Gasteiger partial charge in [0.1, 0.15) is 5.82 Å². The number of halogens is 1. The quantitative estimate of drug-likeness (QED) is 0.781. The number of aryl methyl sites for hydroxylation is 1. The molecule has 0 fully saturated rings. The van der Waals surface area contributed by atoms with Crippen molar-refractivity contribution in [1.82, 2.24) is 10.2 Å². The molecule has 0 aliphatic heterocycles. The standard InChI is InChI=1S/C10H16ClN3/c1-7(2)9(11)6-12-10-4-8(3)5-13-14-10/h4-5,7,9H,6H2,1-3H3,(H,12,14). The van der Waals surface area contributed by atoms with Gasteiger partial charge in [-0.05, 0) is 24.5 Å². The van der Waals surface area contributed by atoms with Gasteiger partial charge < -0.3 is 5.32 Å². The Balaban J connectivity index is 2.45. The fraction of sp³-hybridized carbons (Fsp3) is 0.600. The molecular weight excluding hydrogens is 198 g/mol. The van der Waals surface area contributed by atoms with Crippen LogP contribution in [0.2, 0.25) is 0 Å². The predicted molar refractivity (Wildman–Crippen MR) is 59.7 cm³/mol. The van der Waals surface area contributed by atoms with Crippen LogP contribution in [-0.2, 0) is 0 Å². The largest absolute Gasteiger partial charge is 0.367 e.